The lowest BCUT2D eigenvalue weighted by Gasteiger charge is -2.25. The Hall–Kier alpha value is -1.41. The van der Waals surface area contributed by atoms with E-state index in [1.165, 1.54) is 11.3 Å². The van der Waals surface area contributed by atoms with Gasteiger partial charge in [0.1, 0.15) is 0 Å². The van der Waals surface area contributed by atoms with E-state index in [9.17, 15) is 13.2 Å². The quantitative estimate of drug-likeness (QED) is 0.880. The molecule has 1 N–H and O–H groups in total. The number of anilines is 1. The number of sulfone groups is 1. The van der Waals surface area contributed by atoms with E-state index in [-0.39, 0.29) is 17.4 Å². The van der Waals surface area contributed by atoms with Crippen molar-refractivity contribution in [2.24, 2.45) is 0 Å². The standard InChI is InChI=1S/C16H17ClN2O3S2/c17-13-3-1-12(2-4-13)16(20)18-15-6-5-14(23-15)11-19-7-9-24(21,22)10-8-19/h1-6H,7-11H2,(H,18,20). The van der Waals surface area contributed by atoms with Crippen molar-refractivity contribution in [1.82, 2.24) is 4.90 Å². The third-order valence-electron chi connectivity index (χ3n) is 3.82. The number of carbonyl (C=O) groups excluding carboxylic acids is 1. The molecule has 1 amide bonds. The lowest BCUT2D eigenvalue weighted by atomic mass is 10.2. The molecule has 128 valence electrons. The molecule has 0 spiro atoms. The molecule has 0 radical (unpaired) electrons. The SMILES string of the molecule is O=C(Nc1ccc(CN2CCS(=O)(=O)CC2)s1)c1ccc(Cl)cc1. The van der Waals surface area contributed by atoms with E-state index in [1.807, 2.05) is 12.1 Å². The smallest absolute Gasteiger partial charge is 0.256 e. The first-order valence-electron chi connectivity index (χ1n) is 7.50. The van der Waals surface area contributed by atoms with Crippen molar-refractivity contribution in [3.05, 3.63) is 51.9 Å². The second kappa shape index (κ2) is 7.23. The fourth-order valence-corrected chi connectivity index (χ4v) is 4.79. The lowest BCUT2D eigenvalue weighted by Crippen LogP contribution is -2.39. The van der Waals surface area contributed by atoms with Crippen LogP contribution in [0.5, 0.6) is 0 Å². The van der Waals surface area contributed by atoms with Gasteiger partial charge < -0.3 is 5.32 Å². The summed E-state index contributed by atoms with van der Waals surface area (Å²) in [4.78, 5) is 15.4. The highest BCUT2D eigenvalue weighted by Gasteiger charge is 2.21. The number of hydrogen-bond acceptors (Lipinski definition) is 5. The molecule has 1 aromatic carbocycles. The zero-order valence-electron chi connectivity index (χ0n) is 12.9. The summed E-state index contributed by atoms with van der Waals surface area (Å²) in [6.07, 6.45) is 0. The van der Waals surface area contributed by atoms with Gasteiger partial charge in [0.25, 0.3) is 5.91 Å². The number of amides is 1. The third kappa shape index (κ3) is 4.57. The largest absolute Gasteiger partial charge is 0.314 e. The Balaban J connectivity index is 1.57. The lowest BCUT2D eigenvalue weighted by molar-refractivity contribution is 0.102. The van der Waals surface area contributed by atoms with Crippen molar-refractivity contribution in [2.45, 2.75) is 6.54 Å². The molecule has 2 heterocycles. The predicted octanol–water partition coefficient (Wildman–Crippen LogP) is 2.88. The highest BCUT2D eigenvalue weighted by Crippen LogP contribution is 2.24. The zero-order chi connectivity index (χ0) is 17.2. The number of halogens is 1. The molecule has 3 rings (SSSR count). The first kappa shape index (κ1) is 17.4. The maximum Gasteiger partial charge on any atom is 0.256 e. The number of benzene rings is 1. The summed E-state index contributed by atoms with van der Waals surface area (Å²) in [7, 11) is -2.86. The molecule has 2 aromatic rings. The Bertz CT molecular complexity index is 817. The molecule has 5 nitrogen and oxygen atoms in total. The van der Waals surface area contributed by atoms with Crippen molar-refractivity contribution in [2.75, 3.05) is 29.9 Å². The third-order valence-corrected chi connectivity index (χ3v) is 6.67. The average molecular weight is 385 g/mol. The molecular formula is C16H17ClN2O3S2. The zero-order valence-corrected chi connectivity index (χ0v) is 15.3. The summed E-state index contributed by atoms with van der Waals surface area (Å²) in [5, 5.41) is 4.23. The molecule has 1 saturated heterocycles. The topological polar surface area (TPSA) is 66.5 Å². The first-order valence-corrected chi connectivity index (χ1v) is 10.5. The summed E-state index contributed by atoms with van der Waals surface area (Å²) >= 11 is 7.32. The van der Waals surface area contributed by atoms with Crippen LogP contribution in [0.1, 0.15) is 15.2 Å². The minimum absolute atomic E-state index is 0.177. The van der Waals surface area contributed by atoms with Crippen LogP contribution >= 0.6 is 22.9 Å². The van der Waals surface area contributed by atoms with Gasteiger partial charge in [-0.2, -0.15) is 0 Å². The van der Waals surface area contributed by atoms with E-state index in [0.29, 0.717) is 30.2 Å². The van der Waals surface area contributed by atoms with Crippen molar-refractivity contribution in [1.29, 1.82) is 0 Å². The highest BCUT2D eigenvalue weighted by atomic mass is 35.5. The maximum atomic E-state index is 12.2. The van der Waals surface area contributed by atoms with Crippen LogP contribution in [0.3, 0.4) is 0 Å². The molecule has 8 heteroatoms. The summed E-state index contributed by atoms with van der Waals surface area (Å²) in [6.45, 7) is 1.83. The highest BCUT2D eigenvalue weighted by molar-refractivity contribution is 7.91. The van der Waals surface area contributed by atoms with Crippen molar-refractivity contribution in [3.8, 4) is 0 Å². The number of carbonyl (C=O) groups is 1. The molecule has 0 unspecified atom stereocenters. The normalized spacial score (nSPS) is 17.5. The molecular weight excluding hydrogens is 368 g/mol. The second-order valence-electron chi connectivity index (χ2n) is 5.65. The van der Waals surface area contributed by atoms with Crippen LogP contribution in [0, 0.1) is 0 Å². The average Bonchev–Trinajstić information content (AvgIpc) is 2.97. The Morgan fingerprint density at radius 3 is 2.46 bits per heavy atom. The van der Waals surface area contributed by atoms with Crippen LogP contribution in [0.25, 0.3) is 0 Å². The van der Waals surface area contributed by atoms with Gasteiger partial charge in [-0.3, -0.25) is 9.69 Å². The van der Waals surface area contributed by atoms with Gasteiger partial charge in [-0.25, -0.2) is 8.42 Å². The van der Waals surface area contributed by atoms with Crippen LogP contribution in [0.15, 0.2) is 36.4 Å². The van der Waals surface area contributed by atoms with Gasteiger partial charge in [0.2, 0.25) is 0 Å². The number of rotatable bonds is 4. The number of thiophene rings is 1. The molecule has 0 saturated carbocycles. The van der Waals surface area contributed by atoms with Gasteiger partial charge >= 0.3 is 0 Å². The monoisotopic (exact) mass is 384 g/mol. The van der Waals surface area contributed by atoms with Crippen LogP contribution in [0.4, 0.5) is 5.00 Å². The molecule has 0 atom stereocenters. The second-order valence-corrected chi connectivity index (χ2v) is 9.56. The molecule has 1 aromatic heterocycles. The van der Waals surface area contributed by atoms with Crippen LogP contribution in [-0.4, -0.2) is 43.8 Å². The number of nitrogens with zero attached hydrogens (tertiary/aromatic N) is 1. The number of hydrogen-bond donors (Lipinski definition) is 1. The van der Waals surface area contributed by atoms with E-state index in [0.717, 1.165) is 9.88 Å². The molecule has 1 aliphatic heterocycles. The predicted molar refractivity (Wildman–Crippen MR) is 97.7 cm³/mol. The summed E-state index contributed by atoms with van der Waals surface area (Å²) in [5.41, 5.74) is 0.551. The summed E-state index contributed by atoms with van der Waals surface area (Å²) < 4.78 is 22.9. The van der Waals surface area contributed by atoms with E-state index in [2.05, 4.69) is 10.2 Å². The molecule has 0 bridgehead atoms. The fraction of sp³-hybridized carbons (Fsp3) is 0.312. The van der Waals surface area contributed by atoms with Gasteiger partial charge in [0, 0.05) is 35.1 Å². The van der Waals surface area contributed by atoms with Crippen LogP contribution in [0.2, 0.25) is 5.02 Å². The minimum Gasteiger partial charge on any atom is -0.314 e. The Labute approximate surface area is 150 Å². The van der Waals surface area contributed by atoms with E-state index in [4.69, 9.17) is 11.6 Å². The van der Waals surface area contributed by atoms with Crippen molar-refractivity contribution < 1.29 is 13.2 Å². The Morgan fingerprint density at radius 2 is 1.79 bits per heavy atom. The minimum atomic E-state index is -2.86. The van der Waals surface area contributed by atoms with Gasteiger partial charge in [-0.1, -0.05) is 11.6 Å². The van der Waals surface area contributed by atoms with E-state index in [1.54, 1.807) is 24.3 Å². The van der Waals surface area contributed by atoms with Gasteiger partial charge in [0.15, 0.2) is 9.84 Å². The number of nitrogens with one attached hydrogen (secondary N) is 1. The van der Waals surface area contributed by atoms with Crippen LogP contribution in [-0.2, 0) is 16.4 Å². The van der Waals surface area contributed by atoms with E-state index >= 15 is 0 Å². The Morgan fingerprint density at radius 1 is 1.12 bits per heavy atom. The molecule has 1 aliphatic rings. The van der Waals surface area contributed by atoms with Crippen LogP contribution < -0.4 is 5.32 Å². The van der Waals surface area contributed by atoms with Gasteiger partial charge in [-0.05, 0) is 36.4 Å². The molecule has 24 heavy (non-hydrogen) atoms. The summed E-state index contributed by atoms with van der Waals surface area (Å²) in [6, 6.07) is 10.6. The fourth-order valence-electron chi connectivity index (χ4n) is 2.44. The van der Waals surface area contributed by atoms with Crippen molar-refractivity contribution >= 4 is 43.7 Å². The summed E-state index contributed by atoms with van der Waals surface area (Å²) in [5.74, 6) is 0.265. The van der Waals surface area contributed by atoms with Gasteiger partial charge in [-0.15, -0.1) is 11.3 Å². The van der Waals surface area contributed by atoms with Gasteiger partial charge in [0.05, 0.1) is 16.5 Å². The maximum absolute atomic E-state index is 12.2. The molecule has 0 aliphatic carbocycles. The Kier molecular flexibility index (Phi) is 5.24. The van der Waals surface area contributed by atoms with E-state index < -0.39 is 9.84 Å². The molecule has 1 fully saturated rings. The first-order chi connectivity index (χ1) is 11.4. The van der Waals surface area contributed by atoms with Crippen molar-refractivity contribution in [3.63, 3.8) is 0 Å².